The molecule has 2 heterocycles. The molecule has 1 aromatic heterocycles. The fourth-order valence-electron chi connectivity index (χ4n) is 10.6. The third-order valence-corrected chi connectivity index (χ3v) is 14.2. The normalized spacial score (nSPS) is 13.4. The summed E-state index contributed by atoms with van der Waals surface area (Å²) in [4.78, 5) is 5.11. The van der Waals surface area contributed by atoms with Crippen LogP contribution in [0.1, 0.15) is 22.3 Å². The molecule has 2 nitrogen and oxygen atoms in total. The minimum absolute atomic E-state index is 0.494. The minimum atomic E-state index is -0.494. The molecule has 0 saturated heterocycles. The number of para-hydroxylation sites is 2. The number of anilines is 3. The van der Waals surface area contributed by atoms with Crippen LogP contribution in [0.15, 0.2) is 228 Å². The fraction of sp³-hybridized carbons (Fsp3) is 0.0175. The van der Waals surface area contributed by atoms with Gasteiger partial charge in [0.05, 0.1) is 22.1 Å². The van der Waals surface area contributed by atoms with Crippen LogP contribution in [0.2, 0.25) is 0 Å². The van der Waals surface area contributed by atoms with Gasteiger partial charge in [-0.25, -0.2) is 0 Å². The van der Waals surface area contributed by atoms with Crippen molar-refractivity contribution in [1.29, 1.82) is 0 Å². The molecule has 0 unspecified atom stereocenters. The third-order valence-electron chi connectivity index (χ3n) is 13.0. The number of nitrogens with zero attached hydrogens (tertiary/aromatic N) is 2. The molecule has 60 heavy (non-hydrogen) atoms. The zero-order valence-corrected chi connectivity index (χ0v) is 33.4. The van der Waals surface area contributed by atoms with E-state index in [9.17, 15) is 0 Å². The summed E-state index contributed by atoms with van der Waals surface area (Å²) in [7, 11) is 0. The predicted molar refractivity (Wildman–Crippen MR) is 252 cm³/mol. The summed E-state index contributed by atoms with van der Waals surface area (Å²) in [6.07, 6.45) is 0. The van der Waals surface area contributed by atoms with Gasteiger partial charge in [0.15, 0.2) is 0 Å². The van der Waals surface area contributed by atoms with E-state index in [1.165, 1.54) is 86.5 Å². The van der Waals surface area contributed by atoms with Crippen molar-refractivity contribution in [3.63, 3.8) is 0 Å². The molecule has 10 aromatic carbocycles. The molecule has 0 amide bonds. The summed E-state index contributed by atoms with van der Waals surface area (Å²) < 4.78 is 2.40. The average molecular weight is 781 g/mol. The number of benzene rings is 10. The van der Waals surface area contributed by atoms with Crippen LogP contribution in [-0.4, -0.2) is 4.57 Å². The van der Waals surface area contributed by atoms with Crippen LogP contribution in [0.25, 0.3) is 60.2 Å². The van der Waals surface area contributed by atoms with Crippen LogP contribution in [0, 0.1) is 0 Å². The third kappa shape index (κ3) is 4.61. The van der Waals surface area contributed by atoms with Gasteiger partial charge in [-0.2, -0.15) is 0 Å². The van der Waals surface area contributed by atoms with Gasteiger partial charge >= 0.3 is 0 Å². The molecule has 1 spiro atoms. The molecule has 11 aromatic rings. The Hall–Kier alpha value is -7.33. The van der Waals surface area contributed by atoms with Gasteiger partial charge in [-0.1, -0.05) is 163 Å². The summed E-state index contributed by atoms with van der Waals surface area (Å²) in [6.45, 7) is 0. The number of rotatable bonds is 4. The lowest BCUT2D eigenvalue weighted by atomic mass is 9.59. The maximum Gasteiger partial charge on any atom is 0.0735 e. The van der Waals surface area contributed by atoms with Crippen LogP contribution in [-0.2, 0) is 5.41 Å². The second kappa shape index (κ2) is 12.8. The summed E-state index contributed by atoms with van der Waals surface area (Å²) in [5, 5.41) is 7.43. The standard InChI is InChI=1S/C57H36N2S/c1-2-17-39(18-3-1)59-51-26-11-7-20-43(51)46-36-41(31-33-53(46)59)58(40-30-29-37-15-4-5-16-38(37)35-40)52-34-32-44-42-19-6-8-22-47(42)57(50-25-14-21-45(52)56(44)50)48-23-9-12-27-54(48)60-55-28-13-10-24-49(55)57/h1-36H. The molecular formula is C57H36N2S. The summed E-state index contributed by atoms with van der Waals surface area (Å²) in [5.41, 5.74) is 14.4. The summed E-state index contributed by atoms with van der Waals surface area (Å²) in [6, 6.07) is 81.2. The van der Waals surface area contributed by atoms with Crippen molar-refractivity contribution in [2.75, 3.05) is 4.90 Å². The molecule has 3 heteroatoms. The number of hydrogen-bond donors (Lipinski definition) is 0. The Morgan fingerprint density at radius 2 is 1.00 bits per heavy atom. The van der Waals surface area contributed by atoms with Crippen molar-refractivity contribution in [2.45, 2.75) is 15.2 Å². The highest BCUT2D eigenvalue weighted by Crippen LogP contribution is 2.62. The Morgan fingerprint density at radius 1 is 0.383 bits per heavy atom. The van der Waals surface area contributed by atoms with Crippen molar-refractivity contribution in [3.05, 3.63) is 241 Å². The summed E-state index contributed by atoms with van der Waals surface area (Å²) in [5.74, 6) is 0. The lowest BCUT2D eigenvalue weighted by molar-refractivity contribution is 0.707. The van der Waals surface area contributed by atoms with E-state index in [0.717, 1.165) is 22.7 Å². The molecule has 280 valence electrons. The molecule has 0 bridgehead atoms. The number of hydrogen-bond acceptors (Lipinski definition) is 2. The van der Waals surface area contributed by atoms with E-state index in [1.807, 2.05) is 11.8 Å². The second-order valence-electron chi connectivity index (χ2n) is 16.0. The van der Waals surface area contributed by atoms with E-state index in [1.54, 1.807) is 0 Å². The largest absolute Gasteiger partial charge is 0.310 e. The highest BCUT2D eigenvalue weighted by Gasteiger charge is 2.48. The molecule has 0 N–H and O–H groups in total. The lowest BCUT2D eigenvalue weighted by Crippen LogP contribution is -2.36. The zero-order chi connectivity index (χ0) is 39.4. The van der Waals surface area contributed by atoms with Crippen molar-refractivity contribution < 1.29 is 0 Å². The quantitative estimate of drug-likeness (QED) is 0.176. The highest BCUT2D eigenvalue weighted by molar-refractivity contribution is 7.99. The van der Waals surface area contributed by atoms with Crippen LogP contribution in [0.5, 0.6) is 0 Å². The van der Waals surface area contributed by atoms with Gasteiger partial charge in [0, 0.05) is 43.0 Å². The van der Waals surface area contributed by atoms with Gasteiger partial charge < -0.3 is 9.47 Å². The zero-order valence-electron chi connectivity index (χ0n) is 32.6. The van der Waals surface area contributed by atoms with E-state index >= 15 is 0 Å². The van der Waals surface area contributed by atoms with Crippen molar-refractivity contribution >= 4 is 72.2 Å². The monoisotopic (exact) mass is 780 g/mol. The first-order valence-corrected chi connectivity index (χ1v) is 21.5. The predicted octanol–water partition coefficient (Wildman–Crippen LogP) is 15.4. The van der Waals surface area contributed by atoms with Gasteiger partial charge in [0.2, 0.25) is 0 Å². The SMILES string of the molecule is c1ccc(-n2c3ccccc3c3cc(N(c4ccc5ccccc5c4)c4ccc5c6c(cccc46)C4(c6ccccc6Sc6ccccc64)c4ccccc4-5)ccc32)cc1. The first kappa shape index (κ1) is 33.6. The average Bonchev–Trinajstić information content (AvgIpc) is 3.65. The van der Waals surface area contributed by atoms with Crippen LogP contribution in [0.4, 0.5) is 17.1 Å². The summed E-state index contributed by atoms with van der Waals surface area (Å²) >= 11 is 1.89. The highest BCUT2D eigenvalue weighted by atomic mass is 32.2. The lowest BCUT2D eigenvalue weighted by Gasteiger charge is -2.46. The Morgan fingerprint density at radius 3 is 1.83 bits per heavy atom. The maximum absolute atomic E-state index is 2.50. The first-order chi connectivity index (χ1) is 29.8. The Kier molecular flexibility index (Phi) is 7.19. The number of aromatic nitrogens is 1. The van der Waals surface area contributed by atoms with Crippen LogP contribution >= 0.6 is 11.8 Å². The minimum Gasteiger partial charge on any atom is -0.310 e. The Labute approximate surface area is 352 Å². The van der Waals surface area contributed by atoms with Crippen molar-refractivity contribution in [3.8, 4) is 16.8 Å². The van der Waals surface area contributed by atoms with E-state index in [2.05, 4.69) is 228 Å². The molecule has 0 fully saturated rings. The van der Waals surface area contributed by atoms with Crippen molar-refractivity contribution in [2.24, 2.45) is 0 Å². The van der Waals surface area contributed by atoms with Crippen molar-refractivity contribution in [1.82, 2.24) is 4.57 Å². The topological polar surface area (TPSA) is 8.17 Å². The fourth-order valence-corrected chi connectivity index (χ4v) is 11.8. The first-order valence-electron chi connectivity index (χ1n) is 20.7. The van der Waals surface area contributed by atoms with E-state index < -0.39 is 5.41 Å². The smallest absolute Gasteiger partial charge is 0.0735 e. The van der Waals surface area contributed by atoms with Gasteiger partial charge in [0.1, 0.15) is 0 Å². The van der Waals surface area contributed by atoms with Gasteiger partial charge in [0.25, 0.3) is 0 Å². The molecule has 0 saturated carbocycles. The Balaban J connectivity index is 1.13. The Bertz CT molecular complexity index is 3500. The van der Waals surface area contributed by atoms with Crippen LogP contribution < -0.4 is 4.90 Å². The molecule has 0 atom stereocenters. The van der Waals surface area contributed by atoms with E-state index in [0.29, 0.717) is 0 Å². The van der Waals surface area contributed by atoms with Gasteiger partial charge in [-0.3, -0.25) is 0 Å². The van der Waals surface area contributed by atoms with E-state index in [-0.39, 0.29) is 0 Å². The maximum atomic E-state index is 2.50. The molecular weight excluding hydrogens is 745 g/mol. The van der Waals surface area contributed by atoms with Gasteiger partial charge in [-0.05, 0) is 116 Å². The number of fused-ring (bicyclic) bond motifs is 12. The van der Waals surface area contributed by atoms with Gasteiger partial charge in [-0.15, -0.1) is 0 Å². The molecule has 1 aliphatic heterocycles. The van der Waals surface area contributed by atoms with E-state index in [4.69, 9.17) is 0 Å². The molecule has 1 aliphatic carbocycles. The molecule has 2 aliphatic rings. The van der Waals surface area contributed by atoms with Crippen LogP contribution in [0.3, 0.4) is 0 Å². The second-order valence-corrected chi connectivity index (χ2v) is 17.1. The molecule has 0 radical (unpaired) electrons. The molecule has 13 rings (SSSR count).